The lowest BCUT2D eigenvalue weighted by Crippen LogP contribution is -2.22. The minimum atomic E-state index is -0.696. The molecule has 1 heterocycles. The summed E-state index contributed by atoms with van der Waals surface area (Å²) in [4.78, 5) is 37.1. The number of rotatable bonds is 9. The monoisotopic (exact) mass is 455 g/mol. The maximum absolute atomic E-state index is 12.5. The molecule has 0 saturated heterocycles. The van der Waals surface area contributed by atoms with Crippen molar-refractivity contribution in [1.29, 1.82) is 0 Å². The zero-order chi connectivity index (χ0) is 22.9. The van der Waals surface area contributed by atoms with Gasteiger partial charge < -0.3 is 18.7 Å². The van der Waals surface area contributed by atoms with Gasteiger partial charge in [0.05, 0.1) is 12.2 Å². The van der Waals surface area contributed by atoms with Gasteiger partial charge >= 0.3 is 11.9 Å². The van der Waals surface area contributed by atoms with Gasteiger partial charge in [0.1, 0.15) is 5.69 Å². The summed E-state index contributed by atoms with van der Waals surface area (Å²) in [5.41, 5.74) is 1.84. The van der Waals surface area contributed by atoms with Crippen LogP contribution in [0.4, 0.5) is 11.6 Å². The van der Waals surface area contributed by atoms with Crippen LogP contribution in [-0.4, -0.2) is 42.5 Å². The van der Waals surface area contributed by atoms with Crippen molar-refractivity contribution in [2.24, 2.45) is 0 Å². The summed E-state index contributed by atoms with van der Waals surface area (Å²) in [5, 5.41) is 6.32. The molecular formula is C22H21N3O6S. The van der Waals surface area contributed by atoms with Crippen LogP contribution in [0.3, 0.4) is 0 Å². The summed E-state index contributed by atoms with van der Waals surface area (Å²) >= 11 is 1.38. The lowest BCUT2D eigenvalue weighted by atomic mass is 10.1. The molecule has 0 fully saturated rings. The maximum atomic E-state index is 12.5. The van der Waals surface area contributed by atoms with E-state index in [9.17, 15) is 14.4 Å². The van der Waals surface area contributed by atoms with Crippen LogP contribution in [0.5, 0.6) is 0 Å². The van der Waals surface area contributed by atoms with Crippen molar-refractivity contribution < 1.29 is 28.4 Å². The van der Waals surface area contributed by atoms with Gasteiger partial charge in [0.2, 0.25) is 5.88 Å². The van der Waals surface area contributed by atoms with Crippen molar-refractivity contribution in [3.63, 3.8) is 0 Å². The van der Waals surface area contributed by atoms with Crippen LogP contribution >= 0.6 is 11.9 Å². The van der Waals surface area contributed by atoms with Gasteiger partial charge in [-0.1, -0.05) is 53.5 Å². The number of carbonyl (C=O) groups is 3. The molecule has 0 bridgehead atoms. The molecule has 0 aliphatic rings. The Bertz CT molecular complexity index is 1100. The molecule has 0 atom stereocenters. The molecule has 2 N–H and O–H groups in total. The molecule has 0 aliphatic heterocycles. The predicted octanol–water partition coefficient (Wildman–Crippen LogP) is 4.00. The molecule has 10 heteroatoms. The summed E-state index contributed by atoms with van der Waals surface area (Å²) in [6.07, 6.45) is 1.85. The van der Waals surface area contributed by atoms with Crippen LogP contribution in [0.2, 0.25) is 0 Å². The molecule has 3 aromatic rings. The second-order valence-electron chi connectivity index (χ2n) is 6.33. The molecule has 1 aromatic heterocycles. The van der Waals surface area contributed by atoms with Gasteiger partial charge in [-0.3, -0.25) is 10.1 Å². The van der Waals surface area contributed by atoms with E-state index in [0.29, 0.717) is 5.56 Å². The molecule has 1 amide bonds. The average molecular weight is 455 g/mol. The number of hydrogen-bond donors (Lipinski definition) is 2. The zero-order valence-electron chi connectivity index (χ0n) is 17.4. The number of nitrogens with zero attached hydrogens (tertiary/aromatic N) is 1. The molecule has 0 spiro atoms. The van der Waals surface area contributed by atoms with Crippen LogP contribution in [0.1, 0.15) is 27.6 Å². The van der Waals surface area contributed by atoms with E-state index in [2.05, 4.69) is 15.2 Å². The highest BCUT2D eigenvalue weighted by atomic mass is 32.2. The van der Waals surface area contributed by atoms with Gasteiger partial charge in [-0.2, -0.15) is 0 Å². The Morgan fingerprint density at radius 1 is 1.03 bits per heavy atom. The average Bonchev–Trinajstić information content (AvgIpc) is 3.22. The standard InChI is InChI=1S/C22H21N3O6S/c1-3-29-22(28)18-19(14-8-5-4-6-9-14)24-31-20(18)23-17(26)13-30-21(27)15-10-7-11-16(12-15)25-32-2/h4-12,25H,3,13H2,1-2H3,(H,23,26). The van der Waals surface area contributed by atoms with Crippen LogP contribution in [0.15, 0.2) is 59.1 Å². The number of carbonyl (C=O) groups excluding carboxylic acids is 3. The Balaban J connectivity index is 1.70. The minimum absolute atomic E-state index is 0.0198. The number of nitrogens with one attached hydrogen (secondary N) is 2. The van der Waals surface area contributed by atoms with Crippen LogP contribution in [0, 0.1) is 0 Å². The Kier molecular flexibility index (Phi) is 7.87. The van der Waals surface area contributed by atoms with Crippen molar-refractivity contribution in [2.45, 2.75) is 6.92 Å². The van der Waals surface area contributed by atoms with E-state index in [1.54, 1.807) is 55.5 Å². The van der Waals surface area contributed by atoms with Gasteiger partial charge in [-0.15, -0.1) is 0 Å². The van der Waals surface area contributed by atoms with Crippen LogP contribution in [0.25, 0.3) is 11.3 Å². The first-order valence-corrected chi connectivity index (χ1v) is 10.8. The summed E-state index contributed by atoms with van der Waals surface area (Å²) in [6, 6.07) is 15.5. The van der Waals surface area contributed by atoms with Crippen LogP contribution in [-0.2, 0) is 14.3 Å². The Morgan fingerprint density at radius 2 is 1.81 bits per heavy atom. The van der Waals surface area contributed by atoms with E-state index >= 15 is 0 Å². The second kappa shape index (κ2) is 11.0. The molecule has 9 nitrogen and oxygen atoms in total. The summed E-state index contributed by atoms with van der Waals surface area (Å²) < 4.78 is 18.3. The fourth-order valence-corrected chi connectivity index (χ4v) is 3.13. The number of esters is 2. The molecular weight excluding hydrogens is 434 g/mol. The topological polar surface area (TPSA) is 120 Å². The van der Waals surface area contributed by atoms with E-state index in [4.69, 9.17) is 14.0 Å². The van der Waals surface area contributed by atoms with Crippen LogP contribution < -0.4 is 10.0 Å². The number of anilines is 2. The number of amides is 1. The highest BCUT2D eigenvalue weighted by molar-refractivity contribution is 7.99. The highest BCUT2D eigenvalue weighted by Gasteiger charge is 2.27. The highest BCUT2D eigenvalue weighted by Crippen LogP contribution is 2.29. The number of aromatic nitrogens is 1. The maximum Gasteiger partial charge on any atom is 0.346 e. The third-order valence-corrected chi connectivity index (χ3v) is 4.56. The second-order valence-corrected chi connectivity index (χ2v) is 6.95. The fraction of sp³-hybridized carbons (Fsp3) is 0.182. The summed E-state index contributed by atoms with van der Waals surface area (Å²) in [6.45, 7) is 1.21. The normalized spacial score (nSPS) is 10.3. The molecule has 2 aromatic carbocycles. The van der Waals surface area contributed by atoms with Gasteiger partial charge in [0.25, 0.3) is 5.91 Å². The number of ether oxygens (including phenoxy) is 2. The zero-order valence-corrected chi connectivity index (χ0v) is 18.2. The van der Waals surface area contributed by atoms with Crippen molar-refractivity contribution >= 4 is 41.4 Å². The Hall–Kier alpha value is -3.79. The first-order valence-electron chi connectivity index (χ1n) is 9.61. The molecule has 166 valence electrons. The van der Waals surface area contributed by atoms with Gasteiger partial charge in [-0.05, 0) is 25.1 Å². The van der Waals surface area contributed by atoms with Gasteiger partial charge in [-0.25, -0.2) is 9.59 Å². The smallest absolute Gasteiger partial charge is 0.346 e. The quantitative estimate of drug-likeness (QED) is 0.364. The largest absolute Gasteiger partial charge is 0.462 e. The summed E-state index contributed by atoms with van der Waals surface area (Å²) in [5.74, 6) is -2.25. The molecule has 0 radical (unpaired) electrons. The lowest BCUT2D eigenvalue weighted by Gasteiger charge is -2.08. The Labute approximate surface area is 188 Å². The predicted molar refractivity (Wildman–Crippen MR) is 120 cm³/mol. The van der Waals surface area contributed by atoms with Crippen molar-refractivity contribution in [1.82, 2.24) is 5.16 Å². The van der Waals surface area contributed by atoms with Crippen molar-refractivity contribution in [3.05, 3.63) is 65.7 Å². The van der Waals surface area contributed by atoms with E-state index < -0.39 is 24.5 Å². The first kappa shape index (κ1) is 22.9. The number of hydrogen-bond acceptors (Lipinski definition) is 9. The van der Waals surface area contributed by atoms with Crippen molar-refractivity contribution in [3.8, 4) is 11.3 Å². The van der Waals surface area contributed by atoms with Crippen molar-refractivity contribution in [2.75, 3.05) is 29.5 Å². The molecule has 0 aliphatic carbocycles. The van der Waals surface area contributed by atoms with E-state index in [1.165, 1.54) is 11.9 Å². The lowest BCUT2D eigenvalue weighted by molar-refractivity contribution is -0.119. The SMILES string of the molecule is CCOC(=O)c1c(-c2ccccc2)noc1NC(=O)COC(=O)c1cccc(NSC)c1. The van der Waals surface area contributed by atoms with E-state index in [0.717, 1.165) is 5.69 Å². The third-order valence-electron chi connectivity index (χ3n) is 4.12. The first-order chi connectivity index (χ1) is 15.5. The number of benzene rings is 2. The van der Waals surface area contributed by atoms with E-state index in [1.807, 2.05) is 12.3 Å². The Morgan fingerprint density at radius 3 is 2.53 bits per heavy atom. The molecule has 0 unspecified atom stereocenters. The van der Waals surface area contributed by atoms with Gasteiger partial charge in [0.15, 0.2) is 12.2 Å². The molecule has 0 saturated carbocycles. The van der Waals surface area contributed by atoms with Gasteiger partial charge in [0, 0.05) is 17.5 Å². The molecule has 32 heavy (non-hydrogen) atoms. The van der Waals surface area contributed by atoms with E-state index in [-0.39, 0.29) is 29.3 Å². The summed E-state index contributed by atoms with van der Waals surface area (Å²) in [7, 11) is 0. The fourth-order valence-electron chi connectivity index (χ4n) is 2.77. The third kappa shape index (κ3) is 5.67. The minimum Gasteiger partial charge on any atom is -0.462 e. The molecule has 3 rings (SSSR count).